The predicted octanol–water partition coefficient (Wildman–Crippen LogP) is 4.22. The summed E-state index contributed by atoms with van der Waals surface area (Å²) >= 11 is 0. The summed E-state index contributed by atoms with van der Waals surface area (Å²) in [4.78, 5) is 0. The largest absolute Gasteiger partial charge is 0.489 e. The molecule has 0 aliphatic heterocycles. The highest BCUT2D eigenvalue weighted by Gasteiger charge is 1.95. The molecule has 0 aliphatic rings. The van der Waals surface area contributed by atoms with Crippen LogP contribution in [0.15, 0.2) is 55.1 Å². The lowest BCUT2D eigenvalue weighted by Crippen LogP contribution is -1.95. The number of rotatable bonds is 4. The van der Waals surface area contributed by atoms with Gasteiger partial charge in [0.1, 0.15) is 12.4 Å². The summed E-state index contributed by atoms with van der Waals surface area (Å²) < 4.78 is 5.70. The van der Waals surface area contributed by atoms with Gasteiger partial charge in [-0.1, -0.05) is 54.6 Å². The summed E-state index contributed by atoms with van der Waals surface area (Å²) in [6, 6.07) is 16.3. The third-order valence-corrected chi connectivity index (χ3v) is 2.64. The van der Waals surface area contributed by atoms with Crippen LogP contribution in [0.3, 0.4) is 0 Å². The first-order chi connectivity index (χ1) is 8.28. The highest BCUT2D eigenvalue weighted by Crippen LogP contribution is 2.15. The molecule has 2 rings (SSSR count). The van der Waals surface area contributed by atoms with Crippen molar-refractivity contribution in [1.82, 2.24) is 0 Å². The van der Waals surface area contributed by atoms with Crippen molar-refractivity contribution < 1.29 is 4.74 Å². The molecule has 0 aliphatic carbocycles. The minimum absolute atomic E-state index is 0.605. The average molecular weight is 224 g/mol. The van der Waals surface area contributed by atoms with Gasteiger partial charge in [0.2, 0.25) is 0 Å². The Morgan fingerprint density at radius 2 is 1.65 bits per heavy atom. The molecular formula is C16H16O. The SMILES string of the molecule is C=Cc1ccc(OCc2ccc(C)cc2)cc1. The van der Waals surface area contributed by atoms with Crippen molar-refractivity contribution in [1.29, 1.82) is 0 Å². The summed E-state index contributed by atoms with van der Waals surface area (Å²) in [5.41, 5.74) is 3.56. The van der Waals surface area contributed by atoms with Crippen molar-refractivity contribution in [2.24, 2.45) is 0 Å². The standard InChI is InChI=1S/C16H16O/c1-3-14-8-10-16(11-9-14)17-12-15-6-4-13(2)5-7-15/h3-11H,1,12H2,2H3. The summed E-state index contributed by atoms with van der Waals surface area (Å²) in [5, 5.41) is 0. The van der Waals surface area contributed by atoms with Crippen LogP contribution in [0.4, 0.5) is 0 Å². The topological polar surface area (TPSA) is 9.23 Å². The van der Waals surface area contributed by atoms with E-state index >= 15 is 0 Å². The van der Waals surface area contributed by atoms with Crippen LogP contribution in [0.25, 0.3) is 6.08 Å². The molecule has 86 valence electrons. The Bertz CT molecular complexity index is 480. The van der Waals surface area contributed by atoms with Gasteiger partial charge >= 0.3 is 0 Å². The Hall–Kier alpha value is -2.02. The fourth-order valence-corrected chi connectivity index (χ4v) is 1.55. The smallest absolute Gasteiger partial charge is 0.119 e. The first-order valence-corrected chi connectivity index (χ1v) is 5.69. The van der Waals surface area contributed by atoms with Gasteiger partial charge in [0.25, 0.3) is 0 Å². The van der Waals surface area contributed by atoms with Gasteiger partial charge in [-0.3, -0.25) is 0 Å². The first kappa shape index (κ1) is 11.5. The quantitative estimate of drug-likeness (QED) is 0.755. The third-order valence-electron chi connectivity index (χ3n) is 2.64. The molecule has 0 heterocycles. The molecule has 0 radical (unpaired) electrons. The monoisotopic (exact) mass is 224 g/mol. The molecule has 0 bridgehead atoms. The fourth-order valence-electron chi connectivity index (χ4n) is 1.55. The second-order valence-corrected chi connectivity index (χ2v) is 4.05. The Morgan fingerprint density at radius 1 is 1.00 bits per heavy atom. The second kappa shape index (κ2) is 5.35. The molecular weight excluding hydrogens is 208 g/mol. The van der Waals surface area contributed by atoms with E-state index in [2.05, 4.69) is 37.8 Å². The van der Waals surface area contributed by atoms with Gasteiger partial charge in [0.05, 0.1) is 0 Å². The Labute approximate surface area is 102 Å². The molecule has 0 saturated heterocycles. The van der Waals surface area contributed by atoms with Crippen molar-refractivity contribution in [3.63, 3.8) is 0 Å². The number of ether oxygens (including phenoxy) is 1. The molecule has 1 heteroatoms. The number of benzene rings is 2. The zero-order valence-electron chi connectivity index (χ0n) is 10.0. The maximum Gasteiger partial charge on any atom is 0.119 e. The van der Waals surface area contributed by atoms with Gasteiger partial charge in [-0.25, -0.2) is 0 Å². The summed E-state index contributed by atoms with van der Waals surface area (Å²) in [5.74, 6) is 0.885. The number of hydrogen-bond acceptors (Lipinski definition) is 1. The molecule has 0 atom stereocenters. The molecule has 1 nitrogen and oxygen atoms in total. The molecule has 0 spiro atoms. The fraction of sp³-hybridized carbons (Fsp3) is 0.125. The Morgan fingerprint density at radius 3 is 2.24 bits per heavy atom. The molecule has 0 N–H and O–H groups in total. The zero-order chi connectivity index (χ0) is 12.1. The van der Waals surface area contributed by atoms with Gasteiger partial charge < -0.3 is 4.74 Å². The van der Waals surface area contributed by atoms with Crippen LogP contribution in [0.2, 0.25) is 0 Å². The van der Waals surface area contributed by atoms with E-state index in [-0.39, 0.29) is 0 Å². The average Bonchev–Trinajstić information content (AvgIpc) is 2.39. The zero-order valence-corrected chi connectivity index (χ0v) is 10.0. The lowest BCUT2D eigenvalue weighted by molar-refractivity contribution is 0.306. The van der Waals surface area contributed by atoms with Crippen molar-refractivity contribution in [3.8, 4) is 5.75 Å². The third kappa shape index (κ3) is 3.22. The van der Waals surface area contributed by atoms with E-state index in [1.807, 2.05) is 30.3 Å². The van der Waals surface area contributed by atoms with Crippen LogP contribution in [0.1, 0.15) is 16.7 Å². The minimum atomic E-state index is 0.605. The van der Waals surface area contributed by atoms with Crippen molar-refractivity contribution >= 4 is 6.08 Å². The van der Waals surface area contributed by atoms with Crippen LogP contribution in [0, 0.1) is 6.92 Å². The van der Waals surface area contributed by atoms with Crippen molar-refractivity contribution in [3.05, 3.63) is 71.8 Å². The van der Waals surface area contributed by atoms with Crippen LogP contribution < -0.4 is 4.74 Å². The first-order valence-electron chi connectivity index (χ1n) is 5.69. The molecule has 0 saturated carbocycles. The number of hydrogen-bond donors (Lipinski definition) is 0. The van der Waals surface area contributed by atoms with Crippen LogP contribution in [-0.2, 0) is 6.61 Å². The highest BCUT2D eigenvalue weighted by molar-refractivity contribution is 5.48. The molecule has 0 fully saturated rings. The lowest BCUT2D eigenvalue weighted by Gasteiger charge is -2.06. The molecule has 0 amide bonds. The van der Waals surface area contributed by atoms with E-state index < -0.39 is 0 Å². The Kier molecular flexibility index (Phi) is 3.61. The van der Waals surface area contributed by atoms with Crippen molar-refractivity contribution in [2.75, 3.05) is 0 Å². The summed E-state index contributed by atoms with van der Waals surface area (Å²) in [6.07, 6.45) is 1.82. The van der Waals surface area contributed by atoms with E-state index in [0.717, 1.165) is 11.3 Å². The number of aryl methyl sites for hydroxylation is 1. The maximum atomic E-state index is 5.70. The van der Waals surface area contributed by atoms with E-state index in [1.54, 1.807) is 0 Å². The van der Waals surface area contributed by atoms with E-state index in [0.29, 0.717) is 6.61 Å². The molecule has 0 aromatic heterocycles. The molecule has 2 aromatic carbocycles. The lowest BCUT2D eigenvalue weighted by atomic mass is 10.2. The molecule has 17 heavy (non-hydrogen) atoms. The predicted molar refractivity (Wildman–Crippen MR) is 72.0 cm³/mol. The van der Waals surface area contributed by atoms with E-state index in [4.69, 9.17) is 4.74 Å². The maximum absolute atomic E-state index is 5.70. The summed E-state index contributed by atoms with van der Waals surface area (Å²) in [6.45, 7) is 6.41. The van der Waals surface area contributed by atoms with Crippen LogP contribution in [0.5, 0.6) is 5.75 Å². The van der Waals surface area contributed by atoms with Gasteiger partial charge in [0.15, 0.2) is 0 Å². The highest BCUT2D eigenvalue weighted by atomic mass is 16.5. The van der Waals surface area contributed by atoms with Crippen molar-refractivity contribution in [2.45, 2.75) is 13.5 Å². The van der Waals surface area contributed by atoms with Crippen LogP contribution in [-0.4, -0.2) is 0 Å². The molecule has 0 unspecified atom stereocenters. The minimum Gasteiger partial charge on any atom is -0.489 e. The van der Waals surface area contributed by atoms with Gasteiger partial charge in [-0.05, 0) is 30.2 Å². The van der Waals surface area contributed by atoms with Gasteiger partial charge in [-0.2, -0.15) is 0 Å². The second-order valence-electron chi connectivity index (χ2n) is 4.05. The van der Waals surface area contributed by atoms with E-state index in [1.165, 1.54) is 11.1 Å². The van der Waals surface area contributed by atoms with Gasteiger partial charge in [-0.15, -0.1) is 0 Å². The van der Waals surface area contributed by atoms with Crippen LogP contribution >= 0.6 is 0 Å². The van der Waals surface area contributed by atoms with Gasteiger partial charge in [0, 0.05) is 0 Å². The Balaban J connectivity index is 1.97. The normalized spacial score (nSPS) is 9.94. The van der Waals surface area contributed by atoms with E-state index in [9.17, 15) is 0 Å². The summed E-state index contributed by atoms with van der Waals surface area (Å²) in [7, 11) is 0. The molecule has 2 aromatic rings.